The number of carbonyl (C=O) groups is 1. The highest BCUT2D eigenvalue weighted by atomic mass is 16.1. The summed E-state index contributed by atoms with van der Waals surface area (Å²) in [6.07, 6.45) is 1.28. The lowest BCUT2D eigenvalue weighted by atomic mass is 9.81. The average Bonchev–Trinajstić information content (AvgIpc) is 2.63. The van der Waals surface area contributed by atoms with E-state index in [-0.39, 0.29) is 11.7 Å². The normalized spacial score (nSPS) is 16.1. The summed E-state index contributed by atoms with van der Waals surface area (Å²) in [7, 11) is 0. The van der Waals surface area contributed by atoms with Gasteiger partial charge in [0.25, 0.3) is 0 Å². The molecule has 27 heavy (non-hydrogen) atoms. The molecule has 0 aliphatic heterocycles. The van der Waals surface area contributed by atoms with Crippen LogP contribution in [-0.4, -0.2) is 15.8 Å². The highest BCUT2D eigenvalue weighted by molar-refractivity contribution is 5.99. The van der Waals surface area contributed by atoms with Crippen LogP contribution < -0.4 is 5.32 Å². The molecule has 136 valence electrons. The van der Waals surface area contributed by atoms with Gasteiger partial charge in [-0.2, -0.15) is 0 Å². The molecule has 0 saturated carbocycles. The first-order valence-corrected chi connectivity index (χ1v) is 9.30. The Kier molecular flexibility index (Phi) is 4.48. The lowest BCUT2D eigenvalue weighted by Crippen LogP contribution is -2.22. The van der Waals surface area contributed by atoms with E-state index in [4.69, 9.17) is 4.98 Å². The molecule has 0 bridgehead atoms. The Labute approximate surface area is 159 Å². The van der Waals surface area contributed by atoms with Crippen LogP contribution in [0, 0.1) is 20.8 Å². The number of ketones is 1. The Morgan fingerprint density at radius 1 is 0.926 bits per heavy atom. The summed E-state index contributed by atoms with van der Waals surface area (Å²) in [5, 5.41) is 3.27. The van der Waals surface area contributed by atoms with Crippen molar-refractivity contribution >= 4 is 17.4 Å². The van der Waals surface area contributed by atoms with Crippen molar-refractivity contribution in [2.24, 2.45) is 0 Å². The molecular weight excluding hydrogens is 334 g/mol. The molecule has 1 atom stereocenters. The molecule has 4 rings (SSSR count). The first-order valence-electron chi connectivity index (χ1n) is 9.30. The molecule has 1 heterocycles. The number of anilines is 2. The Morgan fingerprint density at radius 2 is 1.70 bits per heavy atom. The smallest absolute Gasteiger partial charge is 0.227 e. The number of Topliss-reactive ketones (excluding diaryl/α,β-unsaturated/α-hetero) is 1. The second-order valence-electron chi connectivity index (χ2n) is 7.39. The zero-order valence-electron chi connectivity index (χ0n) is 15.9. The summed E-state index contributed by atoms with van der Waals surface area (Å²) in [5.74, 6) is 0.862. The zero-order chi connectivity index (χ0) is 19.0. The number of carbonyl (C=O) groups excluding carboxylic acids is 1. The Balaban J connectivity index is 1.66. The number of fused-ring (bicyclic) bond motifs is 1. The van der Waals surface area contributed by atoms with Gasteiger partial charge in [-0.15, -0.1) is 0 Å². The quantitative estimate of drug-likeness (QED) is 0.712. The maximum Gasteiger partial charge on any atom is 0.227 e. The summed E-state index contributed by atoms with van der Waals surface area (Å²) in [5.41, 5.74) is 6.87. The van der Waals surface area contributed by atoms with E-state index in [0.717, 1.165) is 23.5 Å². The second-order valence-corrected chi connectivity index (χ2v) is 7.39. The molecule has 0 fully saturated rings. The molecule has 1 aromatic heterocycles. The van der Waals surface area contributed by atoms with Gasteiger partial charge >= 0.3 is 0 Å². The van der Waals surface area contributed by atoms with Gasteiger partial charge in [-0.25, -0.2) is 9.97 Å². The summed E-state index contributed by atoms with van der Waals surface area (Å²) in [6.45, 7) is 6.03. The topological polar surface area (TPSA) is 54.9 Å². The van der Waals surface area contributed by atoms with Gasteiger partial charge in [0.1, 0.15) is 0 Å². The highest BCUT2D eigenvalue weighted by Gasteiger charge is 2.29. The van der Waals surface area contributed by atoms with Crippen LogP contribution in [0.5, 0.6) is 0 Å². The van der Waals surface area contributed by atoms with E-state index < -0.39 is 0 Å². The van der Waals surface area contributed by atoms with Crippen LogP contribution >= 0.6 is 0 Å². The number of rotatable bonds is 3. The van der Waals surface area contributed by atoms with Crippen molar-refractivity contribution in [2.45, 2.75) is 39.5 Å². The lowest BCUT2D eigenvalue weighted by molar-refractivity contribution is 0.0962. The van der Waals surface area contributed by atoms with Crippen LogP contribution in [0.2, 0.25) is 0 Å². The van der Waals surface area contributed by atoms with Gasteiger partial charge < -0.3 is 5.32 Å². The fourth-order valence-corrected chi connectivity index (χ4v) is 3.76. The van der Waals surface area contributed by atoms with Crippen LogP contribution in [0.25, 0.3) is 0 Å². The van der Waals surface area contributed by atoms with Crippen molar-refractivity contribution in [3.63, 3.8) is 0 Å². The fraction of sp³-hybridized carbons (Fsp3) is 0.261. The molecule has 1 N–H and O–H groups in total. The maximum absolute atomic E-state index is 12.8. The highest BCUT2D eigenvalue weighted by Crippen LogP contribution is 2.34. The van der Waals surface area contributed by atoms with E-state index in [1.807, 2.05) is 31.2 Å². The predicted octanol–water partition coefficient (Wildman–Crippen LogP) is 5.06. The minimum absolute atomic E-state index is 0.141. The lowest BCUT2D eigenvalue weighted by Gasteiger charge is -2.25. The standard InChI is InChI=1S/C23H23N3O/c1-14-7-9-19(10-8-14)25-23-24-16(3)22-20(26-23)12-18(13-21(22)27)17-6-4-5-15(2)11-17/h4-11,18H,12-13H2,1-3H3,(H,24,25,26)/t18-/m0/s1. The predicted molar refractivity (Wildman–Crippen MR) is 108 cm³/mol. The number of hydrogen-bond acceptors (Lipinski definition) is 4. The van der Waals surface area contributed by atoms with Gasteiger partial charge in [-0.3, -0.25) is 4.79 Å². The molecule has 0 unspecified atom stereocenters. The third kappa shape index (κ3) is 3.61. The summed E-state index contributed by atoms with van der Waals surface area (Å²) in [4.78, 5) is 22.0. The van der Waals surface area contributed by atoms with E-state index in [1.165, 1.54) is 16.7 Å². The van der Waals surface area contributed by atoms with Gasteiger partial charge in [0.15, 0.2) is 5.78 Å². The SMILES string of the molecule is Cc1ccc(Nc2nc(C)c3c(n2)C[C@H](c2cccc(C)c2)CC3=O)cc1. The van der Waals surface area contributed by atoms with Gasteiger partial charge in [0.2, 0.25) is 5.95 Å². The molecule has 3 aromatic rings. The van der Waals surface area contributed by atoms with Gasteiger partial charge in [0.05, 0.1) is 17.0 Å². The van der Waals surface area contributed by atoms with Crippen molar-refractivity contribution in [1.82, 2.24) is 9.97 Å². The van der Waals surface area contributed by atoms with E-state index in [0.29, 0.717) is 17.9 Å². The molecule has 4 nitrogen and oxygen atoms in total. The van der Waals surface area contributed by atoms with Gasteiger partial charge in [0, 0.05) is 12.1 Å². The van der Waals surface area contributed by atoms with Crippen molar-refractivity contribution < 1.29 is 4.79 Å². The van der Waals surface area contributed by atoms with Crippen LogP contribution in [0.1, 0.15) is 50.8 Å². The Hall–Kier alpha value is -3.01. The molecule has 0 saturated heterocycles. The maximum atomic E-state index is 12.8. The molecule has 1 aliphatic rings. The minimum atomic E-state index is 0.141. The first kappa shape index (κ1) is 17.4. The molecule has 0 spiro atoms. The van der Waals surface area contributed by atoms with Crippen LogP contribution in [0.4, 0.5) is 11.6 Å². The van der Waals surface area contributed by atoms with E-state index in [2.05, 4.69) is 48.4 Å². The summed E-state index contributed by atoms with van der Waals surface area (Å²) in [6, 6.07) is 16.5. The number of aromatic nitrogens is 2. The molecule has 2 aromatic carbocycles. The van der Waals surface area contributed by atoms with Crippen LogP contribution in [0.15, 0.2) is 48.5 Å². The van der Waals surface area contributed by atoms with Crippen molar-refractivity contribution in [3.8, 4) is 0 Å². The minimum Gasteiger partial charge on any atom is -0.324 e. The zero-order valence-corrected chi connectivity index (χ0v) is 15.9. The summed E-state index contributed by atoms with van der Waals surface area (Å²) >= 11 is 0. The second kappa shape index (κ2) is 6.95. The molecule has 0 amide bonds. The monoisotopic (exact) mass is 357 g/mol. The number of aryl methyl sites for hydroxylation is 3. The number of hydrogen-bond donors (Lipinski definition) is 1. The largest absolute Gasteiger partial charge is 0.324 e. The van der Waals surface area contributed by atoms with Gasteiger partial charge in [-0.1, -0.05) is 47.5 Å². The third-order valence-electron chi connectivity index (χ3n) is 5.14. The third-order valence-corrected chi connectivity index (χ3v) is 5.14. The van der Waals surface area contributed by atoms with E-state index >= 15 is 0 Å². The number of nitrogens with zero attached hydrogens (tertiary/aromatic N) is 2. The first-order chi connectivity index (χ1) is 13.0. The molecular formula is C23H23N3O. The molecule has 0 radical (unpaired) electrons. The summed E-state index contributed by atoms with van der Waals surface area (Å²) < 4.78 is 0. The molecule has 1 aliphatic carbocycles. The van der Waals surface area contributed by atoms with Crippen LogP contribution in [0.3, 0.4) is 0 Å². The Bertz CT molecular complexity index is 1010. The Morgan fingerprint density at radius 3 is 2.44 bits per heavy atom. The number of nitrogens with one attached hydrogen (secondary N) is 1. The van der Waals surface area contributed by atoms with E-state index in [9.17, 15) is 4.79 Å². The van der Waals surface area contributed by atoms with E-state index in [1.54, 1.807) is 0 Å². The number of benzene rings is 2. The molecule has 4 heteroatoms. The van der Waals surface area contributed by atoms with Crippen molar-refractivity contribution in [1.29, 1.82) is 0 Å². The van der Waals surface area contributed by atoms with Crippen molar-refractivity contribution in [3.05, 3.63) is 82.2 Å². The van der Waals surface area contributed by atoms with Crippen molar-refractivity contribution in [2.75, 3.05) is 5.32 Å². The van der Waals surface area contributed by atoms with Crippen LogP contribution in [-0.2, 0) is 6.42 Å². The van der Waals surface area contributed by atoms with Gasteiger partial charge in [-0.05, 0) is 50.8 Å². The average molecular weight is 357 g/mol. The fourth-order valence-electron chi connectivity index (χ4n) is 3.76.